The van der Waals surface area contributed by atoms with E-state index in [9.17, 15) is 14.4 Å². The highest BCUT2D eigenvalue weighted by Crippen LogP contribution is 2.31. The molecule has 1 aliphatic carbocycles. The summed E-state index contributed by atoms with van der Waals surface area (Å²) in [6, 6.07) is 6.42. The lowest BCUT2D eigenvalue weighted by molar-refractivity contribution is -0.136. The quantitative estimate of drug-likeness (QED) is 0.733. The van der Waals surface area contributed by atoms with Crippen LogP contribution < -0.4 is 10.6 Å². The average molecular weight is 399 g/mol. The molecule has 3 unspecified atom stereocenters. The van der Waals surface area contributed by atoms with Crippen LogP contribution in [0.15, 0.2) is 18.2 Å². The van der Waals surface area contributed by atoms with Gasteiger partial charge in [0.15, 0.2) is 0 Å². The molecule has 0 radical (unpaired) electrons. The molecule has 1 saturated carbocycles. The highest BCUT2D eigenvalue weighted by Gasteiger charge is 2.40. The van der Waals surface area contributed by atoms with Gasteiger partial charge in [0, 0.05) is 37.2 Å². The molecule has 1 aromatic rings. The molecular weight excluding hydrogens is 368 g/mol. The first-order chi connectivity index (χ1) is 14.0. The molecule has 0 bridgehead atoms. The second-order valence-electron chi connectivity index (χ2n) is 8.56. The number of nitrogens with zero attached hydrogens (tertiary/aromatic N) is 2. The summed E-state index contributed by atoms with van der Waals surface area (Å²) in [6.07, 6.45) is 5.48. The number of imide groups is 1. The molecule has 2 N–H and O–H groups in total. The monoisotopic (exact) mass is 398 g/mol. The smallest absolute Gasteiger partial charge is 0.255 e. The van der Waals surface area contributed by atoms with Gasteiger partial charge >= 0.3 is 0 Å². The third kappa shape index (κ3) is 3.94. The van der Waals surface area contributed by atoms with Crippen LogP contribution in [0.25, 0.3) is 0 Å². The first kappa shape index (κ1) is 20.0. The molecular formula is C22H30N4O3. The normalized spacial score (nSPS) is 27.3. The maximum atomic E-state index is 13.0. The van der Waals surface area contributed by atoms with E-state index in [4.69, 9.17) is 0 Å². The molecule has 0 spiro atoms. The van der Waals surface area contributed by atoms with Crippen LogP contribution in [0.3, 0.4) is 0 Å². The lowest BCUT2D eigenvalue weighted by atomic mass is 9.90. The Morgan fingerprint density at radius 1 is 1.21 bits per heavy atom. The van der Waals surface area contributed by atoms with Crippen LogP contribution in [-0.2, 0) is 22.7 Å². The highest BCUT2D eigenvalue weighted by atomic mass is 16.2. The van der Waals surface area contributed by atoms with Gasteiger partial charge in [-0.05, 0) is 57.0 Å². The molecule has 2 aliphatic heterocycles. The van der Waals surface area contributed by atoms with Crippen molar-refractivity contribution in [3.63, 3.8) is 0 Å². The van der Waals surface area contributed by atoms with Gasteiger partial charge in [0.1, 0.15) is 6.04 Å². The lowest BCUT2D eigenvalue weighted by Crippen LogP contribution is -2.52. The summed E-state index contributed by atoms with van der Waals surface area (Å²) in [6.45, 7) is 1.23. The number of fused-ring (bicyclic) bond motifs is 1. The Bertz CT molecular complexity index is 824. The Morgan fingerprint density at radius 2 is 2.03 bits per heavy atom. The molecule has 7 nitrogen and oxygen atoms in total. The van der Waals surface area contributed by atoms with E-state index in [1.807, 2.05) is 19.2 Å². The number of carbonyl (C=O) groups is 3. The van der Waals surface area contributed by atoms with Crippen LogP contribution in [0.4, 0.5) is 0 Å². The Hall–Kier alpha value is -2.25. The fourth-order valence-corrected chi connectivity index (χ4v) is 5.02. The zero-order valence-electron chi connectivity index (χ0n) is 17.2. The standard InChI is InChI=1S/C22H30N4O3/c1-23-15-6-4-7-16(11-15)25(2)12-14-5-3-8-17-18(14)13-26(22(17)29)19-9-10-20(27)24-21(19)28/h3,5,8,15-16,19,23H,4,6-7,9-13H2,1-2H3,(H,24,27,28). The Labute approximate surface area is 171 Å². The fourth-order valence-electron chi connectivity index (χ4n) is 5.02. The minimum Gasteiger partial charge on any atom is -0.322 e. The predicted octanol–water partition coefficient (Wildman–Crippen LogP) is 1.41. The van der Waals surface area contributed by atoms with Crippen molar-refractivity contribution < 1.29 is 14.4 Å². The van der Waals surface area contributed by atoms with Crippen molar-refractivity contribution >= 4 is 17.7 Å². The van der Waals surface area contributed by atoms with Crippen molar-refractivity contribution in [1.82, 2.24) is 20.4 Å². The molecule has 3 amide bonds. The van der Waals surface area contributed by atoms with E-state index in [0.29, 0.717) is 30.6 Å². The summed E-state index contributed by atoms with van der Waals surface area (Å²) in [5.74, 6) is -0.724. The van der Waals surface area contributed by atoms with E-state index < -0.39 is 6.04 Å². The second-order valence-corrected chi connectivity index (χ2v) is 8.56. The molecule has 2 heterocycles. The summed E-state index contributed by atoms with van der Waals surface area (Å²) in [4.78, 5) is 40.8. The maximum absolute atomic E-state index is 13.0. The van der Waals surface area contributed by atoms with Gasteiger partial charge in [-0.2, -0.15) is 0 Å². The Balaban J connectivity index is 1.49. The Morgan fingerprint density at radius 3 is 2.79 bits per heavy atom. The van der Waals surface area contributed by atoms with Gasteiger partial charge in [-0.15, -0.1) is 0 Å². The third-order valence-electron chi connectivity index (χ3n) is 6.78. The van der Waals surface area contributed by atoms with E-state index in [-0.39, 0.29) is 24.1 Å². The number of nitrogens with one attached hydrogen (secondary N) is 2. The molecule has 4 rings (SSSR count). The van der Waals surface area contributed by atoms with Crippen LogP contribution in [-0.4, -0.2) is 59.7 Å². The molecule has 1 saturated heterocycles. The van der Waals surface area contributed by atoms with Crippen LogP contribution >= 0.6 is 0 Å². The number of benzene rings is 1. The molecule has 3 atom stereocenters. The molecule has 1 aromatic carbocycles. The number of piperidine rings is 1. The number of rotatable bonds is 5. The molecule has 29 heavy (non-hydrogen) atoms. The van der Waals surface area contributed by atoms with Gasteiger partial charge < -0.3 is 10.2 Å². The minimum absolute atomic E-state index is 0.105. The van der Waals surface area contributed by atoms with Gasteiger partial charge in [-0.1, -0.05) is 18.6 Å². The van der Waals surface area contributed by atoms with Crippen LogP contribution in [0.5, 0.6) is 0 Å². The van der Waals surface area contributed by atoms with Crippen molar-refractivity contribution in [1.29, 1.82) is 0 Å². The first-order valence-electron chi connectivity index (χ1n) is 10.6. The summed E-state index contributed by atoms with van der Waals surface area (Å²) in [7, 11) is 4.20. The zero-order chi connectivity index (χ0) is 20.5. The number of carbonyl (C=O) groups excluding carboxylic acids is 3. The lowest BCUT2D eigenvalue weighted by Gasteiger charge is -2.35. The fraction of sp³-hybridized carbons (Fsp3) is 0.591. The van der Waals surface area contributed by atoms with Gasteiger partial charge in [0.2, 0.25) is 11.8 Å². The first-order valence-corrected chi connectivity index (χ1v) is 10.6. The summed E-state index contributed by atoms with van der Waals surface area (Å²) in [5.41, 5.74) is 2.87. The minimum atomic E-state index is -0.562. The van der Waals surface area contributed by atoms with E-state index in [2.05, 4.69) is 28.6 Å². The van der Waals surface area contributed by atoms with Crippen molar-refractivity contribution in [2.75, 3.05) is 14.1 Å². The summed E-state index contributed by atoms with van der Waals surface area (Å²) < 4.78 is 0. The van der Waals surface area contributed by atoms with Crippen molar-refractivity contribution in [3.8, 4) is 0 Å². The van der Waals surface area contributed by atoms with Gasteiger partial charge in [0.05, 0.1) is 0 Å². The zero-order valence-corrected chi connectivity index (χ0v) is 17.2. The van der Waals surface area contributed by atoms with E-state index in [1.54, 1.807) is 4.90 Å². The topological polar surface area (TPSA) is 81.8 Å². The predicted molar refractivity (Wildman–Crippen MR) is 109 cm³/mol. The molecule has 3 aliphatic rings. The van der Waals surface area contributed by atoms with Crippen LogP contribution in [0.2, 0.25) is 0 Å². The third-order valence-corrected chi connectivity index (χ3v) is 6.78. The highest BCUT2D eigenvalue weighted by molar-refractivity contribution is 6.05. The molecule has 156 valence electrons. The van der Waals surface area contributed by atoms with Gasteiger partial charge in [-0.3, -0.25) is 24.6 Å². The molecule has 0 aromatic heterocycles. The van der Waals surface area contributed by atoms with Gasteiger partial charge in [-0.25, -0.2) is 0 Å². The summed E-state index contributed by atoms with van der Waals surface area (Å²) >= 11 is 0. The summed E-state index contributed by atoms with van der Waals surface area (Å²) in [5, 5.41) is 5.78. The van der Waals surface area contributed by atoms with Crippen molar-refractivity contribution in [2.45, 2.75) is 69.7 Å². The average Bonchev–Trinajstić information content (AvgIpc) is 3.05. The SMILES string of the molecule is CNC1CCCC(N(C)Cc2cccc3c2CN(C2CCC(=O)NC2=O)C3=O)C1. The van der Waals surface area contributed by atoms with Crippen LogP contribution in [0, 0.1) is 0 Å². The van der Waals surface area contributed by atoms with Crippen molar-refractivity contribution in [3.05, 3.63) is 34.9 Å². The molecule has 2 fully saturated rings. The Kier molecular flexibility index (Phi) is 5.69. The van der Waals surface area contributed by atoms with Crippen molar-refractivity contribution in [2.24, 2.45) is 0 Å². The maximum Gasteiger partial charge on any atom is 0.255 e. The number of amides is 3. The van der Waals surface area contributed by atoms with Gasteiger partial charge in [0.25, 0.3) is 5.91 Å². The van der Waals surface area contributed by atoms with E-state index in [0.717, 1.165) is 24.1 Å². The number of hydrogen-bond acceptors (Lipinski definition) is 5. The van der Waals surface area contributed by atoms with E-state index >= 15 is 0 Å². The van der Waals surface area contributed by atoms with E-state index in [1.165, 1.54) is 19.3 Å². The molecule has 7 heteroatoms. The number of hydrogen-bond donors (Lipinski definition) is 2. The second kappa shape index (κ2) is 8.24. The van der Waals surface area contributed by atoms with Crippen LogP contribution in [0.1, 0.15) is 60.0 Å². The largest absolute Gasteiger partial charge is 0.322 e.